The Morgan fingerprint density at radius 1 is 1.29 bits per heavy atom. The Bertz CT molecular complexity index is 701. The van der Waals surface area contributed by atoms with Crippen LogP contribution in [-0.4, -0.2) is 58.5 Å². The second-order valence-electron chi connectivity index (χ2n) is 5.86. The number of aryl methyl sites for hydroxylation is 1. The van der Waals surface area contributed by atoms with Gasteiger partial charge >= 0.3 is 0 Å². The number of imidazole rings is 1. The third-order valence-electron chi connectivity index (χ3n) is 4.17. The van der Waals surface area contributed by atoms with E-state index in [0.29, 0.717) is 18.7 Å². The number of nitrogens with one attached hydrogen (secondary N) is 1. The van der Waals surface area contributed by atoms with Crippen LogP contribution in [-0.2, 0) is 11.8 Å². The molecule has 1 atom stereocenters. The number of nitrogens with zero attached hydrogens (tertiary/aromatic N) is 4. The van der Waals surface area contributed by atoms with Crippen molar-refractivity contribution in [2.75, 3.05) is 31.1 Å². The summed E-state index contributed by atoms with van der Waals surface area (Å²) >= 11 is 0. The summed E-state index contributed by atoms with van der Waals surface area (Å²) in [5, 5.41) is 2.71. The molecule has 3 rings (SSSR count). The van der Waals surface area contributed by atoms with Gasteiger partial charge in [-0.2, -0.15) is 0 Å². The van der Waals surface area contributed by atoms with Gasteiger partial charge in [-0.3, -0.25) is 9.59 Å². The molecule has 1 aliphatic rings. The van der Waals surface area contributed by atoms with Crippen molar-refractivity contribution in [3.63, 3.8) is 0 Å². The standard InChI is InChI=1S/C16H21N5O3/c1-12(18-14(22)13-3-10-24-11-13)15(23)20-6-8-21(9-7-20)16-17-4-5-19(16)2/h3-5,10-12H,6-9H2,1-2H3,(H,18,22). The molecule has 128 valence electrons. The number of hydrogen-bond acceptors (Lipinski definition) is 5. The quantitative estimate of drug-likeness (QED) is 0.881. The van der Waals surface area contributed by atoms with Crippen molar-refractivity contribution in [2.45, 2.75) is 13.0 Å². The van der Waals surface area contributed by atoms with E-state index in [2.05, 4.69) is 15.2 Å². The second-order valence-corrected chi connectivity index (χ2v) is 5.86. The summed E-state index contributed by atoms with van der Waals surface area (Å²) in [7, 11) is 1.95. The van der Waals surface area contributed by atoms with Crippen molar-refractivity contribution in [1.29, 1.82) is 0 Å². The van der Waals surface area contributed by atoms with Crippen LogP contribution in [0.25, 0.3) is 0 Å². The molecule has 0 saturated carbocycles. The molecule has 3 heterocycles. The Labute approximate surface area is 140 Å². The largest absolute Gasteiger partial charge is 0.472 e. The van der Waals surface area contributed by atoms with Gasteiger partial charge in [0, 0.05) is 45.6 Å². The van der Waals surface area contributed by atoms with E-state index in [0.717, 1.165) is 19.0 Å². The summed E-state index contributed by atoms with van der Waals surface area (Å²) in [4.78, 5) is 32.8. The second kappa shape index (κ2) is 6.77. The van der Waals surface area contributed by atoms with Crippen molar-refractivity contribution in [3.05, 3.63) is 36.5 Å². The van der Waals surface area contributed by atoms with Crippen molar-refractivity contribution in [2.24, 2.45) is 7.05 Å². The highest BCUT2D eigenvalue weighted by atomic mass is 16.3. The lowest BCUT2D eigenvalue weighted by Crippen LogP contribution is -2.54. The van der Waals surface area contributed by atoms with Gasteiger partial charge in [-0.25, -0.2) is 4.98 Å². The third kappa shape index (κ3) is 3.27. The van der Waals surface area contributed by atoms with Crippen LogP contribution in [0.1, 0.15) is 17.3 Å². The molecule has 24 heavy (non-hydrogen) atoms. The van der Waals surface area contributed by atoms with Crippen molar-refractivity contribution < 1.29 is 14.0 Å². The van der Waals surface area contributed by atoms with Gasteiger partial charge in [0.05, 0.1) is 11.8 Å². The summed E-state index contributed by atoms with van der Waals surface area (Å²) in [6, 6.07) is 0.991. The molecule has 1 fully saturated rings. The van der Waals surface area contributed by atoms with E-state index in [4.69, 9.17) is 4.42 Å². The number of rotatable bonds is 4. The van der Waals surface area contributed by atoms with Crippen LogP contribution < -0.4 is 10.2 Å². The Morgan fingerprint density at radius 2 is 2.04 bits per heavy atom. The Hall–Kier alpha value is -2.77. The Kier molecular flexibility index (Phi) is 4.54. The molecular formula is C16H21N5O3. The number of furan rings is 1. The molecule has 2 aromatic heterocycles. The highest BCUT2D eigenvalue weighted by Gasteiger charge is 2.27. The topological polar surface area (TPSA) is 83.6 Å². The van der Waals surface area contributed by atoms with Crippen molar-refractivity contribution in [3.8, 4) is 0 Å². The lowest BCUT2D eigenvalue weighted by atomic mass is 10.2. The first-order chi connectivity index (χ1) is 11.6. The van der Waals surface area contributed by atoms with E-state index in [-0.39, 0.29) is 11.8 Å². The zero-order chi connectivity index (χ0) is 17.1. The number of amides is 2. The summed E-state index contributed by atoms with van der Waals surface area (Å²) in [6.07, 6.45) is 6.46. The van der Waals surface area contributed by atoms with E-state index in [1.807, 2.05) is 17.8 Å². The number of aromatic nitrogens is 2. The predicted octanol–water partition coefficient (Wildman–Crippen LogP) is 0.480. The monoisotopic (exact) mass is 331 g/mol. The average Bonchev–Trinajstić information content (AvgIpc) is 3.26. The van der Waals surface area contributed by atoms with Crippen LogP contribution in [0.2, 0.25) is 0 Å². The van der Waals surface area contributed by atoms with E-state index in [1.165, 1.54) is 12.5 Å². The number of piperazine rings is 1. The van der Waals surface area contributed by atoms with E-state index in [9.17, 15) is 9.59 Å². The number of hydrogen-bond donors (Lipinski definition) is 1. The van der Waals surface area contributed by atoms with Gasteiger partial charge in [0.2, 0.25) is 11.9 Å². The van der Waals surface area contributed by atoms with Crippen LogP contribution in [0.15, 0.2) is 35.4 Å². The smallest absolute Gasteiger partial charge is 0.255 e. The van der Waals surface area contributed by atoms with Gasteiger partial charge in [0.25, 0.3) is 5.91 Å². The Balaban J connectivity index is 1.53. The SMILES string of the molecule is CC(NC(=O)c1ccoc1)C(=O)N1CCN(c2nccn2C)CC1. The van der Waals surface area contributed by atoms with Crippen LogP contribution >= 0.6 is 0 Å². The first-order valence-corrected chi connectivity index (χ1v) is 7.90. The molecule has 1 unspecified atom stereocenters. The van der Waals surface area contributed by atoms with E-state index < -0.39 is 6.04 Å². The molecule has 1 saturated heterocycles. The van der Waals surface area contributed by atoms with Crippen molar-refractivity contribution >= 4 is 17.8 Å². The highest BCUT2D eigenvalue weighted by Crippen LogP contribution is 2.13. The average molecular weight is 331 g/mol. The fraction of sp³-hybridized carbons (Fsp3) is 0.438. The molecule has 0 radical (unpaired) electrons. The fourth-order valence-corrected chi connectivity index (χ4v) is 2.80. The van der Waals surface area contributed by atoms with Crippen LogP contribution in [0.3, 0.4) is 0 Å². The predicted molar refractivity (Wildman–Crippen MR) is 87.6 cm³/mol. The number of carbonyl (C=O) groups excluding carboxylic acids is 2. The summed E-state index contributed by atoms with van der Waals surface area (Å²) < 4.78 is 6.84. The normalized spacial score (nSPS) is 16.1. The maximum atomic E-state index is 12.5. The van der Waals surface area contributed by atoms with Gasteiger partial charge in [0.15, 0.2) is 0 Å². The molecule has 0 spiro atoms. The lowest BCUT2D eigenvalue weighted by molar-refractivity contribution is -0.133. The van der Waals surface area contributed by atoms with Gasteiger partial charge in [0.1, 0.15) is 12.3 Å². The third-order valence-corrected chi connectivity index (χ3v) is 4.17. The summed E-state index contributed by atoms with van der Waals surface area (Å²) in [6.45, 7) is 4.36. The van der Waals surface area contributed by atoms with Crippen LogP contribution in [0.5, 0.6) is 0 Å². The number of anilines is 1. The molecule has 1 N–H and O–H groups in total. The molecule has 8 heteroatoms. The van der Waals surface area contributed by atoms with Gasteiger partial charge in [-0.15, -0.1) is 0 Å². The molecule has 0 aliphatic carbocycles. The maximum Gasteiger partial charge on any atom is 0.255 e. The molecule has 8 nitrogen and oxygen atoms in total. The minimum atomic E-state index is -0.577. The molecule has 1 aliphatic heterocycles. The van der Waals surface area contributed by atoms with Gasteiger partial charge in [-0.05, 0) is 13.0 Å². The Morgan fingerprint density at radius 3 is 2.62 bits per heavy atom. The van der Waals surface area contributed by atoms with Crippen molar-refractivity contribution in [1.82, 2.24) is 19.8 Å². The minimum absolute atomic E-state index is 0.0775. The van der Waals surface area contributed by atoms with Gasteiger partial charge in [-0.1, -0.05) is 0 Å². The van der Waals surface area contributed by atoms with Gasteiger partial charge < -0.3 is 24.1 Å². The molecule has 2 amide bonds. The number of carbonyl (C=O) groups is 2. The maximum absolute atomic E-state index is 12.5. The molecule has 0 aromatic carbocycles. The zero-order valence-electron chi connectivity index (χ0n) is 13.8. The summed E-state index contributed by atoms with van der Waals surface area (Å²) in [5.74, 6) is 0.519. The minimum Gasteiger partial charge on any atom is -0.472 e. The van der Waals surface area contributed by atoms with E-state index in [1.54, 1.807) is 24.1 Å². The molecule has 0 bridgehead atoms. The zero-order valence-corrected chi connectivity index (χ0v) is 13.8. The van der Waals surface area contributed by atoms with Crippen LogP contribution in [0, 0.1) is 0 Å². The first-order valence-electron chi connectivity index (χ1n) is 7.90. The molecular weight excluding hydrogens is 310 g/mol. The molecule has 2 aromatic rings. The first kappa shape index (κ1) is 16.1. The lowest BCUT2D eigenvalue weighted by Gasteiger charge is -2.36. The highest BCUT2D eigenvalue weighted by molar-refractivity contribution is 5.97. The fourth-order valence-electron chi connectivity index (χ4n) is 2.80. The van der Waals surface area contributed by atoms with E-state index >= 15 is 0 Å². The summed E-state index contributed by atoms with van der Waals surface area (Å²) in [5.41, 5.74) is 0.411. The van der Waals surface area contributed by atoms with Crippen LogP contribution in [0.4, 0.5) is 5.95 Å².